The largest absolute Gasteiger partial charge is 0.330 e. The van der Waals surface area contributed by atoms with Crippen molar-refractivity contribution in [2.45, 2.75) is 50.2 Å². The Hall–Kier alpha value is -1.72. The standard InChI is InChI=1S/C22H34N4/c23-14-7-12-21(24)22(25)17-20(16-19-10-5-2-6-11-19)26-15-13-18-8-3-1-4-9-18/h1-6,8-11,20-22,26H,7,12-17,23-25H2/t20-,21?,22?/m0/s1. The van der Waals surface area contributed by atoms with Crippen LogP contribution < -0.4 is 22.5 Å². The van der Waals surface area contributed by atoms with Crippen LogP contribution in [0.5, 0.6) is 0 Å². The summed E-state index contributed by atoms with van der Waals surface area (Å²) in [6, 6.07) is 21.4. The second-order valence-electron chi connectivity index (χ2n) is 7.07. The molecule has 26 heavy (non-hydrogen) atoms. The fourth-order valence-corrected chi connectivity index (χ4v) is 3.27. The number of hydrogen-bond acceptors (Lipinski definition) is 4. The van der Waals surface area contributed by atoms with Gasteiger partial charge in [0, 0.05) is 18.1 Å². The molecule has 0 radical (unpaired) electrons. The maximum Gasteiger partial charge on any atom is 0.0207 e. The van der Waals surface area contributed by atoms with Crippen molar-refractivity contribution in [2.75, 3.05) is 13.1 Å². The molecule has 0 spiro atoms. The first-order valence-electron chi connectivity index (χ1n) is 9.71. The highest BCUT2D eigenvalue weighted by Crippen LogP contribution is 2.11. The highest BCUT2D eigenvalue weighted by atomic mass is 14.9. The van der Waals surface area contributed by atoms with Crippen LogP contribution in [0.15, 0.2) is 60.7 Å². The molecule has 0 heterocycles. The smallest absolute Gasteiger partial charge is 0.0207 e. The van der Waals surface area contributed by atoms with Crippen molar-refractivity contribution in [3.8, 4) is 0 Å². The van der Waals surface area contributed by atoms with Gasteiger partial charge in [-0.15, -0.1) is 0 Å². The number of benzene rings is 2. The highest BCUT2D eigenvalue weighted by Gasteiger charge is 2.19. The minimum Gasteiger partial charge on any atom is -0.330 e. The third-order valence-electron chi connectivity index (χ3n) is 4.86. The predicted molar refractivity (Wildman–Crippen MR) is 111 cm³/mol. The SMILES string of the molecule is NCCCC(N)C(N)C[C@H](Cc1ccccc1)NCCc1ccccc1. The Kier molecular flexibility index (Phi) is 9.35. The second kappa shape index (κ2) is 11.8. The summed E-state index contributed by atoms with van der Waals surface area (Å²) in [5, 5.41) is 3.70. The van der Waals surface area contributed by atoms with E-state index in [0.29, 0.717) is 12.6 Å². The van der Waals surface area contributed by atoms with Gasteiger partial charge in [-0.25, -0.2) is 0 Å². The zero-order valence-electron chi connectivity index (χ0n) is 15.7. The summed E-state index contributed by atoms with van der Waals surface area (Å²) in [6.45, 7) is 1.61. The Balaban J connectivity index is 1.90. The summed E-state index contributed by atoms with van der Waals surface area (Å²) in [7, 11) is 0. The summed E-state index contributed by atoms with van der Waals surface area (Å²) in [4.78, 5) is 0. The van der Waals surface area contributed by atoms with Crippen LogP contribution in [0.3, 0.4) is 0 Å². The van der Waals surface area contributed by atoms with Gasteiger partial charge in [0.25, 0.3) is 0 Å². The quantitative estimate of drug-likeness (QED) is 0.470. The fourth-order valence-electron chi connectivity index (χ4n) is 3.27. The van der Waals surface area contributed by atoms with Gasteiger partial charge in [0.15, 0.2) is 0 Å². The van der Waals surface area contributed by atoms with Crippen molar-refractivity contribution in [1.29, 1.82) is 0 Å². The average Bonchev–Trinajstić information content (AvgIpc) is 2.67. The van der Waals surface area contributed by atoms with Gasteiger partial charge in [-0.05, 0) is 56.3 Å². The van der Waals surface area contributed by atoms with E-state index in [-0.39, 0.29) is 12.1 Å². The van der Waals surface area contributed by atoms with Crippen molar-refractivity contribution in [3.05, 3.63) is 71.8 Å². The second-order valence-corrected chi connectivity index (χ2v) is 7.07. The Labute approximate surface area is 158 Å². The first kappa shape index (κ1) is 20.6. The normalized spacial score (nSPS) is 14.7. The molecule has 0 aliphatic heterocycles. The van der Waals surface area contributed by atoms with Crippen molar-refractivity contribution >= 4 is 0 Å². The molecule has 142 valence electrons. The molecule has 0 saturated carbocycles. The van der Waals surface area contributed by atoms with E-state index in [0.717, 1.165) is 38.6 Å². The maximum absolute atomic E-state index is 6.39. The molecule has 4 heteroatoms. The molecular weight excluding hydrogens is 320 g/mol. The van der Waals surface area contributed by atoms with Crippen LogP contribution in [0.1, 0.15) is 30.4 Å². The zero-order valence-corrected chi connectivity index (χ0v) is 15.7. The number of hydrogen-bond donors (Lipinski definition) is 4. The molecule has 2 aromatic rings. The van der Waals surface area contributed by atoms with E-state index in [2.05, 4.69) is 66.0 Å². The molecule has 2 rings (SSSR count). The minimum atomic E-state index is -0.0144. The Morgan fingerprint density at radius 1 is 0.808 bits per heavy atom. The van der Waals surface area contributed by atoms with Gasteiger partial charge >= 0.3 is 0 Å². The summed E-state index contributed by atoms with van der Waals surface area (Å²) in [5.41, 5.74) is 20.9. The van der Waals surface area contributed by atoms with E-state index in [1.807, 2.05) is 0 Å². The molecule has 0 saturated heterocycles. The van der Waals surface area contributed by atoms with E-state index in [4.69, 9.17) is 17.2 Å². The van der Waals surface area contributed by atoms with E-state index in [9.17, 15) is 0 Å². The molecule has 4 nitrogen and oxygen atoms in total. The van der Waals surface area contributed by atoms with Crippen LogP contribution >= 0.6 is 0 Å². The van der Waals surface area contributed by atoms with Gasteiger partial charge in [0.2, 0.25) is 0 Å². The number of nitrogens with one attached hydrogen (secondary N) is 1. The van der Waals surface area contributed by atoms with Crippen molar-refractivity contribution < 1.29 is 0 Å². The van der Waals surface area contributed by atoms with Crippen molar-refractivity contribution in [1.82, 2.24) is 5.32 Å². The summed E-state index contributed by atoms with van der Waals surface area (Å²) >= 11 is 0. The van der Waals surface area contributed by atoms with Crippen LogP contribution in [0.4, 0.5) is 0 Å². The lowest BCUT2D eigenvalue weighted by Crippen LogP contribution is -2.47. The molecule has 2 aromatic carbocycles. The van der Waals surface area contributed by atoms with Gasteiger partial charge in [0.05, 0.1) is 0 Å². The van der Waals surface area contributed by atoms with Gasteiger partial charge in [-0.2, -0.15) is 0 Å². The predicted octanol–water partition coefficient (Wildman–Crippen LogP) is 2.21. The average molecular weight is 355 g/mol. The summed E-state index contributed by atoms with van der Waals surface area (Å²) < 4.78 is 0. The lowest BCUT2D eigenvalue weighted by Gasteiger charge is -2.26. The lowest BCUT2D eigenvalue weighted by atomic mass is 9.94. The fraction of sp³-hybridized carbons (Fsp3) is 0.455. The Bertz CT molecular complexity index is 588. The molecule has 0 aliphatic carbocycles. The molecule has 7 N–H and O–H groups in total. The van der Waals surface area contributed by atoms with Crippen LogP contribution in [0.25, 0.3) is 0 Å². The van der Waals surface area contributed by atoms with Gasteiger partial charge in [0.1, 0.15) is 0 Å². The Morgan fingerprint density at radius 3 is 2.04 bits per heavy atom. The molecule has 0 aliphatic rings. The molecule has 0 amide bonds. The van der Waals surface area contributed by atoms with E-state index in [1.165, 1.54) is 11.1 Å². The lowest BCUT2D eigenvalue weighted by molar-refractivity contribution is 0.386. The zero-order chi connectivity index (χ0) is 18.6. The van der Waals surface area contributed by atoms with Crippen molar-refractivity contribution in [3.63, 3.8) is 0 Å². The number of rotatable bonds is 12. The summed E-state index contributed by atoms with van der Waals surface area (Å²) in [6.07, 6.45) is 4.67. The molecule has 0 aromatic heterocycles. The molecule has 2 unspecified atom stereocenters. The van der Waals surface area contributed by atoms with Crippen LogP contribution in [0.2, 0.25) is 0 Å². The van der Waals surface area contributed by atoms with E-state index >= 15 is 0 Å². The molecule has 3 atom stereocenters. The van der Waals surface area contributed by atoms with E-state index < -0.39 is 0 Å². The third-order valence-corrected chi connectivity index (χ3v) is 4.86. The first-order chi connectivity index (χ1) is 12.7. The third kappa shape index (κ3) is 7.67. The summed E-state index contributed by atoms with van der Waals surface area (Å²) in [5.74, 6) is 0. The van der Waals surface area contributed by atoms with Crippen LogP contribution in [-0.2, 0) is 12.8 Å². The van der Waals surface area contributed by atoms with Gasteiger partial charge < -0.3 is 22.5 Å². The van der Waals surface area contributed by atoms with Crippen LogP contribution in [0, 0.1) is 0 Å². The monoisotopic (exact) mass is 354 g/mol. The van der Waals surface area contributed by atoms with Crippen molar-refractivity contribution in [2.24, 2.45) is 17.2 Å². The van der Waals surface area contributed by atoms with Gasteiger partial charge in [-0.3, -0.25) is 0 Å². The van der Waals surface area contributed by atoms with Gasteiger partial charge in [-0.1, -0.05) is 60.7 Å². The molecule has 0 bridgehead atoms. The highest BCUT2D eigenvalue weighted by molar-refractivity contribution is 5.17. The number of nitrogens with two attached hydrogens (primary N) is 3. The molecule has 0 fully saturated rings. The first-order valence-corrected chi connectivity index (χ1v) is 9.71. The maximum atomic E-state index is 6.39. The van der Waals surface area contributed by atoms with Crippen LogP contribution in [-0.4, -0.2) is 31.2 Å². The Morgan fingerprint density at radius 2 is 1.42 bits per heavy atom. The van der Waals surface area contributed by atoms with E-state index in [1.54, 1.807) is 0 Å². The topological polar surface area (TPSA) is 90.1 Å². The molecular formula is C22H34N4. The minimum absolute atomic E-state index is 0.00717.